The molecule has 0 atom stereocenters. The average molecular weight is 270 g/mol. The zero-order valence-electron chi connectivity index (χ0n) is 12.0. The average Bonchev–Trinajstić information content (AvgIpc) is 2.52. The molecule has 106 valence electrons. The van der Waals surface area contributed by atoms with E-state index in [-0.39, 0.29) is 0 Å². The Morgan fingerprint density at radius 3 is 2.40 bits per heavy atom. The first-order chi connectivity index (χ1) is 9.81. The predicted molar refractivity (Wildman–Crippen MR) is 81.5 cm³/mol. The van der Waals surface area contributed by atoms with E-state index in [1.54, 1.807) is 6.20 Å². The molecular formula is C17H22N2O. The zero-order valence-corrected chi connectivity index (χ0v) is 12.0. The molecule has 2 rings (SSSR count). The third-order valence-corrected chi connectivity index (χ3v) is 3.25. The first-order valence-corrected chi connectivity index (χ1v) is 7.17. The number of aromatic nitrogens is 1. The van der Waals surface area contributed by atoms with Gasteiger partial charge in [0, 0.05) is 12.7 Å². The molecule has 20 heavy (non-hydrogen) atoms. The lowest BCUT2D eigenvalue weighted by Crippen LogP contribution is -2.01. The monoisotopic (exact) mass is 270 g/mol. The van der Waals surface area contributed by atoms with E-state index >= 15 is 0 Å². The lowest BCUT2D eigenvalue weighted by atomic mass is 10.1. The van der Waals surface area contributed by atoms with Crippen LogP contribution in [-0.4, -0.2) is 4.98 Å². The molecule has 0 unspecified atom stereocenters. The van der Waals surface area contributed by atoms with Gasteiger partial charge >= 0.3 is 0 Å². The molecule has 1 aromatic heterocycles. The molecule has 0 fully saturated rings. The third kappa shape index (κ3) is 4.35. The van der Waals surface area contributed by atoms with Crippen LogP contribution in [0.25, 0.3) is 0 Å². The van der Waals surface area contributed by atoms with Crippen molar-refractivity contribution in [2.75, 3.05) is 0 Å². The zero-order chi connectivity index (χ0) is 14.2. The van der Waals surface area contributed by atoms with Gasteiger partial charge in [-0.1, -0.05) is 31.5 Å². The second-order valence-corrected chi connectivity index (χ2v) is 4.90. The molecule has 0 spiro atoms. The molecule has 0 aliphatic heterocycles. The molecule has 3 heteroatoms. The van der Waals surface area contributed by atoms with Crippen LogP contribution >= 0.6 is 0 Å². The highest BCUT2D eigenvalue weighted by atomic mass is 16.5. The summed E-state index contributed by atoms with van der Waals surface area (Å²) in [6, 6.07) is 12.3. The molecule has 0 amide bonds. The van der Waals surface area contributed by atoms with Crippen molar-refractivity contribution >= 4 is 0 Å². The number of nitrogens with two attached hydrogens (primary N) is 1. The molecule has 0 radical (unpaired) electrons. The predicted octanol–water partition coefficient (Wildman–Crippen LogP) is 3.46. The standard InChI is InChI=1S/C17H22N2O/c1-2-3-4-14-6-9-17(10-7-14)20-13-16-8-5-15(11-18)12-19-16/h5-10,12H,2-4,11,13,18H2,1H3. The van der Waals surface area contributed by atoms with Gasteiger partial charge in [-0.25, -0.2) is 0 Å². The van der Waals surface area contributed by atoms with E-state index in [2.05, 4.69) is 24.0 Å². The van der Waals surface area contributed by atoms with E-state index in [0.717, 1.165) is 23.4 Å². The van der Waals surface area contributed by atoms with Crippen molar-refractivity contribution in [3.8, 4) is 5.75 Å². The summed E-state index contributed by atoms with van der Waals surface area (Å²) in [6.45, 7) is 3.22. The number of ether oxygens (including phenoxy) is 1. The molecule has 0 saturated heterocycles. The lowest BCUT2D eigenvalue weighted by molar-refractivity contribution is 0.301. The molecule has 2 aromatic rings. The molecule has 0 aliphatic rings. The molecular weight excluding hydrogens is 248 g/mol. The second kappa shape index (κ2) is 7.65. The van der Waals surface area contributed by atoms with Gasteiger partial charge in [0.05, 0.1) is 5.69 Å². The van der Waals surface area contributed by atoms with E-state index in [9.17, 15) is 0 Å². The minimum Gasteiger partial charge on any atom is -0.487 e. The van der Waals surface area contributed by atoms with Crippen molar-refractivity contribution in [1.29, 1.82) is 0 Å². The summed E-state index contributed by atoms with van der Waals surface area (Å²) in [5, 5.41) is 0. The molecule has 1 aromatic carbocycles. The van der Waals surface area contributed by atoms with Crippen molar-refractivity contribution in [3.05, 3.63) is 59.4 Å². The Bertz CT molecular complexity index is 506. The van der Waals surface area contributed by atoms with Crippen LogP contribution in [0.2, 0.25) is 0 Å². The number of pyridine rings is 1. The van der Waals surface area contributed by atoms with E-state index in [1.165, 1.54) is 18.4 Å². The van der Waals surface area contributed by atoms with E-state index in [0.29, 0.717) is 13.2 Å². The Morgan fingerprint density at radius 1 is 1.05 bits per heavy atom. The topological polar surface area (TPSA) is 48.1 Å². The smallest absolute Gasteiger partial charge is 0.130 e. The highest BCUT2D eigenvalue weighted by Crippen LogP contribution is 2.15. The molecule has 0 saturated carbocycles. The van der Waals surface area contributed by atoms with Gasteiger partial charge in [-0.3, -0.25) is 4.98 Å². The van der Waals surface area contributed by atoms with Crippen molar-refractivity contribution in [1.82, 2.24) is 4.98 Å². The molecule has 1 heterocycles. The summed E-state index contributed by atoms with van der Waals surface area (Å²) in [7, 11) is 0. The Morgan fingerprint density at radius 2 is 1.80 bits per heavy atom. The van der Waals surface area contributed by atoms with E-state index in [4.69, 9.17) is 10.5 Å². The fourth-order valence-electron chi connectivity index (χ4n) is 1.95. The summed E-state index contributed by atoms with van der Waals surface area (Å²) >= 11 is 0. The van der Waals surface area contributed by atoms with Crippen LogP contribution in [0.3, 0.4) is 0 Å². The molecule has 0 aliphatic carbocycles. The SMILES string of the molecule is CCCCc1ccc(OCc2ccc(CN)cn2)cc1. The number of hydrogen-bond acceptors (Lipinski definition) is 3. The van der Waals surface area contributed by atoms with Crippen LogP contribution in [0.15, 0.2) is 42.6 Å². The van der Waals surface area contributed by atoms with Crippen LogP contribution in [-0.2, 0) is 19.6 Å². The van der Waals surface area contributed by atoms with Crippen LogP contribution in [0.1, 0.15) is 36.6 Å². The number of nitrogens with zero attached hydrogens (tertiary/aromatic N) is 1. The molecule has 3 nitrogen and oxygen atoms in total. The second-order valence-electron chi connectivity index (χ2n) is 4.90. The summed E-state index contributed by atoms with van der Waals surface area (Å²) in [5.41, 5.74) is 8.86. The maximum atomic E-state index is 5.73. The summed E-state index contributed by atoms with van der Waals surface area (Å²) in [5.74, 6) is 0.884. The van der Waals surface area contributed by atoms with Crippen LogP contribution < -0.4 is 10.5 Å². The van der Waals surface area contributed by atoms with Crippen molar-refractivity contribution in [2.45, 2.75) is 39.3 Å². The number of hydrogen-bond donors (Lipinski definition) is 1. The third-order valence-electron chi connectivity index (χ3n) is 3.25. The molecule has 2 N–H and O–H groups in total. The number of benzene rings is 1. The maximum absolute atomic E-state index is 5.73. The number of unbranched alkanes of at least 4 members (excludes halogenated alkanes) is 1. The first kappa shape index (κ1) is 14.5. The van der Waals surface area contributed by atoms with Gasteiger partial charge in [0.25, 0.3) is 0 Å². The maximum Gasteiger partial charge on any atom is 0.130 e. The van der Waals surface area contributed by atoms with Crippen LogP contribution in [0.4, 0.5) is 0 Å². The van der Waals surface area contributed by atoms with E-state index in [1.807, 2.05) is 24.3 Å². The van der Waals surface area contributed by atoms with Gasteiger partial charge in [0.2, 0.25) is 0 Å². The summed E-state index contributed by atoms with van der Waals surface area (Å²) in [4.78, 5) is 4.32. The van der Waals surface area contributed by atoms with Crippen LogP contribution in [0.5, 0.6) is 5.75 Å². The number of rotatable bonds is 7. The minimum absolute atomic E-state index is 0.485. The lowest BCUT2D eigenvalue weighted by Gasteiger charge is -2.07. The highest BCUT2D eigenvalue weighted by molar-refractivity contribution is 5.27. The number of aryl methyl sites for hydroxylation is 1. The highest BCUT2D eigenvalue weighted by Gasteiger charge is 1.99. The Labute approximate surface area is 120 Å². The quantitative estimate of drug-likeness (QED) is 0.838. The Kier molecular flexibility index (Phi) is 5.56. The first-order valence-electron chi connectivity index (χ1n) is 7.17. The van der Waals surface area contributed by atoms with Crippen LogP contribution in [0, 0.1) is 0 Å². The van der Waals surface area contributed by atoms with E-state index < -0.39 is 0 Å². The van der Waals surface area contributed by atoms with Gasteiger partial charge in [0.15, 0.2) is 0 Å². The summed E-state index contributed by atoms with van der Waals surface area (Å²) in [6.07, 6.45) is 5.39. The fraction of sp³-hybridized carbons (Fsp3) is 0.353. The minimum atomic E-state index is 0.485. The largest absolute Gasteiger partial charge is 0.487 e. The van der Waals surface area contributed by atoms with Crippen molar-refractivity contribution in [2.24, 2.45) is 5.73 Å². The van der Waals surface area contributed by atoms with Gasteiger partial charge in [0.1, 0.15) is 12.4 Å². The summed E-state index contributed by atoms with van der Waals surface area (Å²) < 4.78 is 5.73. The Balaban J connectivity index is 1.86. The Hall–Kier alpha value is -1.87. The van der Waals surface area contributed by atoms with Gasteiger partial charge < -0.3 is 10.5 Å². The normalized spacial score (nSPS) is 10.5. The van der Waals surface area contributed by atoms with Gasteiger partial charge in [-0.2, -0.15) is 0 Å². The van der Waals surface area contributed by atoms with Crippen molar-refractivity contribution < 1.29 is 4.74 Å². The van der Waals surface area contributed by atoms with Gasteiger partial charge in [-0.15, -0.1) is 0 Å². The van der Waals surface area contributed by atoms with Crippen molar-refractivity contribution in [3.63, 3.8) is 0 Å². The molecule has 0 bridgehead atoms. The fourth-order valence-corrected chi connectivity index (χ4v) is 1.95. The van der Waals surface area contributed by atoms with Gasteiger partial charge in [-0.05, 0) is 42.2 Å².